The Balaban J connectivity index is 1.64. The van der Waals surface area contributed by atoms with E-state index in [-0.39, 0.29) is 10.9 Å². The third-order valence-electron chi connectivity index (χ3n) is 4.29. The van der Waals surface area contributed by atoms with Crippen LogP contribution in [0, 0.1) is 5.82 Å². The molecule has 2 aliphatic rings. The minimum absolute atomic E-state index is 0.00120. The van der Waals surface area contributed by atoms with Gasteiger partial charge in [-0.2, -0.15) is 0 Å². The van der Waals surface area contributed by atoms with Gasteiger partial charge in [0.2, 0.25) is 0 Å². The summed E-state index contributed by atoms with van der Waals surface area (Å²) in [4.78, 5) is 16.7. The molecule has 1 atom stereocenters. The predicted octanol–water partition coefficient (Wildman–Crippen LogP) is 1.60. The van der Waals surface area contributed by atoms with Gasteiger partial charge in [0.25, 0.3) is 5.91 Å². The molecule has 2 heterocycles. The molecule has 6 heteroatoms. The van der Waals surface area contributed by atoms with Crippen molar-refractivity contribution < 1.29 is 9.18 Å². The number of rotatable bonds is 2. The summed E-state index contributed by atoms with van der Waals surface area (Å²) in [6.45, 7) is 5.59. The summed E-state index contributed by atoms with van der Waals surface area (Å²) < 4.78 is 13.2. The van der Waals surface area contributed by atoms with Crippen molar-refractivity contribution >= 4 is 17.5 Å². The molecule has 1 amide bonds. The Morgan fingerprint density at radius 3 is 2.76 bits per heavy atom. The van der Waals surface area contributed by atoms with Gasteiger partial charge in [0.05, 0.1) is 5.02 Å². The second-order valence-electron chi connectivity index (χ2n) is 5.61. The Hall–Kier alpha value is -1.17. The number of carbonyl (C=O) groups is 1. The van der Waals surface area contributed by atoms with Crippen LogP contribution in [0.15, 0.2) is 18.2 Å². The lowest BCUT2D eigenvalue weighted by atomic mass is 10.2. The fraction of sp³-hybridized carbons (Fsp3) is 0.533. The molecular weight excluding hydrogens is 293 g/mol. The number of carbonyl (C=O) groups excluding carboxylic acids is 1. The van der Waals surface area contributed by atoms with Crippen LogP contribution in [-0.2, 0) is 0 Å². The summed E-state index contributed by atoms with van der Waals surface area (Å²) in [6.07, 6.45) is 1.00. The van der Waals surface area contributed by atoms with E-state index in [0.717, 1.165) is 45.7 Å². The largest absolute Gasteiger partial charge is 0.337 e. The van der Waals surface area contributed by atoms with E-state index in [2.05, 4.69) is 10.2 Å². The molecule has 1 aromatic rings. The second-order valence-corrected chi connectivity index (χ2v) is 6.02. The number of amides is 1. The molecule has 0 saturated carbocycles. The first-order chi connectivity index (χ1) is 10.1. The van der Waals surface area contributed by atoms with Crippen molar-refractivity contribution in [2.45, 2.75) is 12.5 Å². The first-order valence-electron chi connectivity index (χ1n) is 7.34. The summed E-state index contributed by atoms with van der Waals surface area (Å²) >= 11 is 5.75. The molecule has 2 saturated heterocycles. The van der Waals surface area contributed by atoms with E-state index in [1.807, 2.05) is 4.90 Å². The maximum absolute atomic E-state index is 13.2. The Morgan fingerprint density at radius 1 is 1.29 bits per heavy atom. The number of hydrogen-bond acceptors (Lipinski definition) is 3. The Kier molecular flexibility index (Phi) is 4.42. The monoisotopic (exact) mass is 311 g/mol. The van der Waals surface area contributed by atoms with E-state index in [1.165, 1.54) is 18.2 Å². The highest BCUT2D eigenvalue weighted by Gasteiger charge is 2.31. The third kappa shape index (κ3) is 3.20. The summed E-state index contributed by atoms with van der Waals surface area (Å²) in [7, 11) is 0. The summed E-state index contributed by atoms with van der Waals surface area (Å²) in [6, 6.07) is 4.60. The van der Waals surface area contributed by atoms with Gasteiger partial charge >= 0.3 is 0 Å². The molecule has 2 aliphatic heterocycles. The lowest BCUT2D eigenvalue weighted by Crippen LogP contribution is -2.49. The quantitative estimate of drug-likeness (QED) is 0.901. The molecule has 1 unspecified atom stereocenters. The van der Waals surface area contributed by atoms with E-state index >= 15 is 0 Å². The van der Waals surface area contributed by atoms with Crippen LogP contribution in [0.1, 0.15) is 16.8 Å². The number of benzene rings is 1. The molecule has 1 aromatic carbocycles. The van der Waals surface area contributed by atoms with Gasteiger partial charge in [0.1, 0.15) is 5.82 Å². The van der Waals surface area contributed by atoms with Crippen LogP contribution in [-0.4, -0.2) is 61.0 Å². The molecule has 3 rings (SSSR count). The lowest BCUT2D eigenvalue weighted by molar-refractivity contribution is 0.0773. The zero-order chi connectivity index (χ0) is 14.8. The Morgan fingerprint density at radius 2 is 2.05 bits per heavy atom. The van der Waals surface area contributed by atoms with Gasteiger partial charge in [-0.1, -0.05) is 11.6 Å². The van der Waals surface area contributed by atoms with Crippen LogP contribution in [0.4, 0.5) is 4.39 Å². The molecular formula is C15H19ClFN3O. The number of hydrogen-bond donors (Lipinski definition) is 1. The molecule has 0 aromatic heterocycles. The van der Waals surface area contributed by atoms with Crippen molar-refractivity contribution in [3.05, 3.63) is 34.6 Å². The molecule has 2 fully saturated rings. The smallest absolute Gasteiger partial charge is 0.253 e. The van der Waals surface area contributed by atoms with Crippen LogP contribution in [0.5, 0.6) is 0 Å². The highest BCUT2D eigenvalue weighted by Crippen LogP contribution is 2.21. The zero-order valence-electron chi connectivity index (χ0n) is 11.8. The van der Waals surface area contributed by atoms with Crippen molar-refractivity contribution in [2.75, 3.05) is 39.3 Å². The van der Waals surface area contributed by atoms with Crippen LogP contribution in [0.25, 0.3) is 0 Å². The molecule has 0 bridgehead atoms. The van der Waals surface area contributed by atoms with E-state index in [1.54, 1.807) is 0 Å². The molecule has 4 nitrogen and oxygen atoms in total. The van der Waals surface area contributed by atoms with Crippen molar-refractivity contribution in [1.29, 1.82) is 0 Å². The van der Waals surface area contributed by atoms with E-state index in [9.17, 15) is 9.18 Å². The molecule has 0 radical (unpaired) electrons. The first-order valence-corrected chi connectivity index (χ1v) is 7.72. The maximum atomic E-state index is 13.2. The highest BCUT2D eigenvalue weighted by molar-refractivity contribution is 6.31. The zero-order valence-corrected chi connectivity index (χ0v) is 12.6. The Bertz CT molecular complexity index is 534. The predicted molar refractivity (Wildman–Crippen MR) is 80.2 cm³/mol. The van der Waals surface area contributed by atoms with E-state index in [4.69, 9.17) is 11.6 Å². The van der Waals surface area contributed by atoms with E-state index in [0.29, 0.717) is 11.6 Å². The third-order valence-corrected chi connectivity index (χ3v) is 4.57. The van der Waals surface area contributed by atoms with Gasteiger partial charge < -0.3 is 10.2 Å². The SMILES string of the molecule is O=C(c1ccc(F)c(Cl)c1)N1CCC(N2CCNCC2)C1. The average molecular weight is 312 g/mol. The van der Waals surface area contributed by atoms with Crippen molar-refractivity contribution in [3.8, 4) is 0 Å². The molecule has 114 valence electrons. The molecule has 0 aliphatic carbocycles. The summed E-state index contributed by atoms with van der Waals surface area (Å²) in [5.74, 6) is -0.553. The minimum Gasteiger partial charge on any atom is -0.337 e. The Labute approximate surface area is 128 Å². The van der Waals surface area contributed by atoms with Gasteiger partial charge in [0, 0.05) is 50.9 Å². The van der Waals surface area contributed by atoms with Crippen molar-refractivity contribution in [1.82, 2.24) is 15.1 Å². The fourth-order valence-corrected chi connectivity index (χ4v) is 3.26. The first kappa shape index (κ1) is 14.8. The highest BCUT2D eigenvalue weighted by atomic mass is 35.5. The number of nitrogens with zero attached hydrogens (tertiary/aromatic N) is 2. The number of halogens is 2. The van der Waals surface area contributed by atoms with Gasteiger partial charge in [-0.25, -0.2) is 4.39 Å². The maximum Gasteiger partial charge on any atom is 0.253 e. The molecule has 0 spiro atoms. The number of piperazine rings is 1. The summed E-state index contributed by atoms with van der Waals surface area (Å²) in [5, 5.41) is 3.34. The van der Waals surface area contributed by atoms with Crippen LogP contribution in [0.3, 0.4) is 0 Å². The second kappa shape index (κ2) is 6.30. The summed E-state index contributed by atoms with van der Waals surface area (Å²) in [5.41, 5.74) is 0.461. The topological polar surface area (TPSA) is 35.6 Å². The van der Waals surface area contributed by atoms with Crippen molar-refractivity contribution in [3.63, 3.8) is 0 Å². The van der Waals surface area contributed by atoms with Crippen molar-refractivity contribution in [2.24, 2.45) is 0 Å². The molecule has 21 heavy (non-hydrogen) atoms. The molecule has 1 N–H and O–H groups in total. The number of likely N-dealkylation sites (tertiary alicyclic amines) is 1. The van der Waals surface area contributed by atoms with Crippen LogP contribution in [0.2, 0.25) is 5.02 Å². The van der Waals surface area contributed by atoms with Gasteiger partial charge in [-0.05, 0) is 24.6 Å². The van der Waals surface area contributed by atoms with E-state index < -0.39 is 5.82 Å². The van der Waals surface area contributed by atoms with Gasteiger partial charge in [-0.15, -0.1) is 0 Å². The fourth-order valence-electron chi connectivity index (χ4n) is 3.08. The minimum atomic E-state index is -0.492. The van der Waals surface area contributed by atoms with Crippen LogP contribution >= 0.6 is 11.6 Å². The van der Waals surface area contributed by atoms with Crippen LogP contribution < -0.4 is 5.32 Å². The lowest BCUT2D eigenvalue weighted by Gasteiger charge is -2.32. The number of nitrogens with one attached hydrogen (secondary N) is 1. The average Bonchev–Trinajstić information content (AvgIpc) is 3.00. The normalized spacial score (nSPS) is 23.5. The van der Waals surface area contributed by atoms with Gasteiger partial charge in [0.15, 0.2) is 0 Å². The van der Waals surface area contributed by atoms with Gasteiger partial charge in [-0.3, -0.25) is 9.69 Å². The standard InChI is InChI=1S/C15H19ClFN3O/c16-13-9-11(1-2-14(13)17)15(21)20-6-3-12(10-20)19-7-4-18-5-8-19/h1-2,9,12,18H,3-8,10H2.